The first-order valence-corrected chi connectivity index (χ1v) is 22.9. The van der Waals surface area contributed by atoms with Gasteiger partial charge in [-0.05, 0) is 127 Å². The molecule has 9 rings (SSSR count). The first-order valence-electron chi connectivity index (χ1n) is 22.9. The summed E-state index contributed by atoms with van der Waals surface area (Å²) in [7, 11) is 0. The molecule has 5 aromatic rings. The second-order valence-corrected chi connectivity index (χ2v) is 18.9. The molecule has 6 nitrogen and oxygen atoms in total. The minimum absolute atomic E-state index is 0.137. The Kier molecular flexibility index (Phi) is 12.2. The van der Waals surface area contributed by atoms with Crippen LogP contribution >= 0.6 is 0 Å². The minimum Gasteiger partial charge on any atom is -0.493 e. The molecule has 0 amide bonds. The molecule has 1 unspecified atom stereocenters. The summed E-state index contributed by atoms with van der Waals surface area (Å²) in [6, 6.07) is 44.3. The fourth-order valence-electron chi connectivity index (χ4n) is 9.05. The van der Waals surface area contributed by atoms with Crippen molar-refractivity contribution >= 4 is 11.4 Å². The highest BCUT2D eigenvalue weighted by atomic mass is 16.5. The fraction of sp³-hybridized carbons (Fsp3) is 0.393. The average Bonchev–Trinajstić information content (AvgIpc) is 3.28. The van der Waals surface area contributed by atoms with E-state index >= 15 is 0 Å². The number of nitrogens with zero attached hydrogens (tertiary/aromatic N) is 1. The summed E-state index contributed by atoms with van der Waals surface area (Å²) in [6.45, 7) is 15.4. The minimum atomic E-state index is -0.137. The van der Waals surface area contributed by atoms with Crippen molar-refractivity contribution in [1.82, 2.24) is 0 Å². The van der Waals surface area contributed by atoms with E-state index in [9.17, 15) is 0 Å². The molecule has 5 aromatic carbocycles. The van der Waals surface area contributed by atoms with Gasteiger partial charge >= 0.3 is 0 Å². The van der Waals surface area contributed by atoms with E-state index in [1.165, 1.54) is 40.7 Å². The van der Waals surface area contributed by atoms with Gasteiger partial charge in [0.25, 0.3) is 0 Å². The Morgan fingerprint density at radius 1 is 0.516 bits per heavy atom. The highest BCUT2D eigenvalue weighted by Crippen LogP contribution is 2.41. The van der Waals surface area contributed by atoms with Crippen molar-refractivity contribution < 1.29 is 23.7 Å². The molecule has 322 valence electrons. The summed E-state index contributed by atoms with van der Waals surface area (Å²) in [5.74, 6) is 1.82. The summed E-state index contributed by atoms with van der Waals surface area (Å²) in [5, 5.41) is 0. The van der Waals surface area contributed by atoms with Crippen molar-refractivity contribution in [1.29, 1.82) is 0 Å². The highest BCUT2D eigenvalue weighted by Gasteiger charge is 2.39. The van der Waals surface area contributed by atoms with E-state index in [0.29, 0.717) is 18.6 Å². The molecule has 1 aliphatic carbocycles. The van der Waals surface area contributed by atoms with Crippen molar-refractivity contribution in [2.24, 2.45) is 16.2 Å². The molecule has 0 aromatic heterocycles. The average molecular weight is 830 g/mol. The molecule has 62 heavy (non-hydrogen) atoms. The molecule has 4 aliphatic rings. The maximum atomic E-state index is 6.24. The van der Waals surface area contributed by atoms with Gasteiger partial charge in [0.05, 0.1) is 63.7 Å². The van der Waals surface area contributed by atoms with Crippen LogP contribution in [-0.4, -0.2) is 52.9 Å². The zero-order valence-electron chi connectivity index (χ0n) is 37.2. The molecule has 0 N–H and O–H groups in total. The van der Waals surface area contributed by atoms with Crippen LogP contribution in [-0.2, 0) is 26.0 Å². The predicted octanol–water partition coefficient (Wildman–Crippen LogP) is 12.9. The fourth-order valence-corrected chi connectivity index (χ4v) is 9.05. The first kappa shape index (κ1) is 42.2. The molecular formula is C56H63NO5. The summed E-state index contributed by atoms with van der Waals surface area (Å²) in [6.07, 6.45) is 13.5. The van der Waals surface area contributed by atoms with Gasteiger partial charge in [0.15, 0.2) is 0 Å². The van der Waals surface area contributed by atoms with Gasteiger partial charge in [-0.1, -0.05) is 113 Å². The molecular weight excluding hydrogens is 767 g/mol. The SMILES string of the molecule is CCC1(CCc2ccc(-c3ccc(N(C4=CCC(C)(c5ccc(OCC6(CC)COC6)cc5)C=C4)c4ccc(-c5ccc(OCC6(CC)COC6)cc5)cc4)cc3)cc2)COC1. The van der Waals surface area contributed by atoms with Crippen LogP contribution in [0.2, 0.25) is 0 Å². The molecule has 1 atom stereocenters. The van der Waals surface area contributed by atoms with Crippen LogP contribution in [0.15, 0.2) is 145 Å². The van der Waals surface area contributed by atoms with Crippen LogP contribution in [0.1, 0.15) is 70.9 Å². The number of aryl methyl sites for hydroxylation is 1. The molecule has 0 bridgehead atoms. The third kappa shape index (κ3) is 8.88. The number of anilines is 2. The molecule has 3 fully saturated rings. The van der Waals surface area contributed by atoms with Gasteiger partial charge in [-0.3, -0.25) is 0 Å². The number of allylic oxidation sites excluding steroid dienone is 3. The van der Waals surface area contributed by atoms with E-state index in [-0.39, 0.29) is 16.2 Å². The number of hydrogen-bond acceptors (Lipinski definition) is 6. The van der Waals surface area contributed by atoms with Crippen molar-refractivity contribution in [2.45, 2.75) is 71.6 Å². The maximum Gasteiger partial charge on any atom is 0.119 e. The summed E-state index contributed by atoms with van der Waals surface area (Å²) in [5.41, 5.74) is 11.4. The lowest BCUT2D eigenvalue weighted by Crippen LogP contribution is -2.46. The lowest BCUT2D eigenvalue weighted by Gasteiger charge is -2.41. The Morgan fingerprint density at radius 2 is 0.935 bits per heavy atom. The summed E-state index contributed by atoms with van der Waals surface area (Å²) < 4.78 is 29.0. The van der Waals surface area contributed by atoms with Gasteiger partial charge in [-0.2, -0.15) is 0 Å². The van der Waals surface area contributed by atoms with Gasteiger partial charge in [-0.15, -0.1) is 0 Å². The summed E-state index contributed by atoms with van der Waals surface area (Å²) >= 11 is 0. The normalized spacial score (nSPS) is 20.5. The monoisotopic (exact) mass is 829 g/mol. The van der Waals surface area contributed by atoms with E-state index in [0.717, 1.165) is 99.5 Å². The third-order valence-electron chi connectivity index (χ3n) is 14.6. The Bertz CT molecular complexity index is 2190. The number of ether oxygens (including phenoxy) is 5. The van der Waals surface area contributed by atoms with E-state index in [4.69, 9.17) is 23.7 Å². The predicted molar refractivity (Wildman–Crippen MR) is 251 cm³/mol. The second kappa shape index (κ2) is 17.9. The molecule has 3 aliphatic heterocycles. The zero-order valence-corrected chi connectivity index (χ0v) is 37.2. The Morgan fingerprint density at radius 3 is 1.32 bits per heavy atom. The Balaban J connectivity index is 0.926. The molecule has 0 spiro atoms. The molecule has 3 saturated heterocycles. The smallest absolute Gasteiger partial charge is 0.119 e. The molecule has 6 heteroatoms. The second-order valence-electron chi connectivity index (χ2n) is 18.9. The van der Waals surface area contributed by atoms with Crippen molar-refractivity contribution in [3.05, 3.63) is 156 Å². The largest absolute Gasteiger partial charge is 0.493 e. The molecule has 0 saturated carbocycles. The van der Waals surface area contributed by atoms with Gasteiger partial charge < -0.3 is 28.6 Å². The van der Waals surface area contributed by atoms with E-state index < -0.39 is 0 Å². The number of rotatable bonds is 18. The topological polar surface area (TPSA) is 49.4 Å². The highest BCUT2D eigenvalue weighted by molar-refractivity contribution is 5.76. The van der Waals surface area contributed by atoms with E-state index in [1.807, 2.05) is 0 Å². The van der Waals surface area contributed by atoms with Gasteiger partial charge in [-0.25, -0.2) is 0 Å². The standard InChI is InChI=1S/C56H63NO5/c1-5-54(34-58-35-54)33-28-42-8-10-43(11-9-42)44-12-20-48(21-13-44)57(49-22-14-45(15-23-49)46-16-24-51(25-17-46)61-40-55(6-2)36-59-37-55)50-29-31-53(4,32-30-50)47-18-26-52(27-19-47)62-41-56(7-3)38-60-39-56/h8-27,29-31H,5-7,28,32-41H2,1-4H3. The van der Waals surface area contributed by atoms with Gasteiger partial charge in [0.2, 0.25) is 0 Å². The first-order chi connectivity index (χ1) is 30.2. The van der Waals surface area contributed by atoms with Gasteiger partial charge in [0, 0.05) is 27.9 Å². The lowest BCUT2D eigenvalue weighted by molar-refractivity contribution is -0.133. The molecule has 3 heterocycles. The van der Waals surface area contributed by atoms with E-state index in [2.05, 4.69) is 172 Å². The summed E-state index contributed by atoms with van der Waals surface area (Å²) in [4.78, 5) is 2.38. The van der Waals surface area contributed by atoms with Crippen molar-refractivity contribution in [3.8, 4) is 33.8 Å². The van der Waals surface area contributed by atoms with E-state index in [1.54, 1.807) is 0 Å². The lowest BCUT2D eigenvalue weighted by atomic mass is 9.76. The zero-order chi connectivity index (χ0) is 42.6. The van der Waals surface area contributed by atoms with Crippen LogP contribution in [0, 0.1) is 16.2 Å². The van der Waals surface area contributed by atoms with Gasteiger partial charge in [0.1, 0.15) is 11.5 Å². The quantitative estimate of drug-likeness (QED) is 0.0877. The third-order valence-corrected chi connectivity index (χ3v) is 14.6. The maximum absolute atomic E-state index is 6.24. The van der Waals surface area contributed by atoms with Crippen LogP contribution in [0.3, 0.4) is 0 Å². The van der Waals surface area contributed by atoms with Crippen LogP contribution < -0.4 is 14.4 Å². The van der Waals surface area contributed by atoms with Crippen LogP contribution in [0.5, 0.6) is 11.5 Å². The van der Waals surface area contributed by atoms with Crippen LogP contribution in [0.4, 0.5) is 11.4 Å². The van der Waals surface area contributed by atoms with Crippen molar-refractivity contribution in [3.63, 3.8) is 0 Å². The number of hydrogen-bond donors (Lipinski definition) is 0. The Hall–Kier alpha value is -5.14. The van der Waals surface area contributed by atoms with Crippen molar-refractivity contribution in [2.75, 3.05) is 57.8 Å². The van der Waals surface area contributed by atoms with Crippen LogP contribution in [0.25, 0.3) is 22.3 Å². The molecule has 0 radical (unpaired) electrons. The Labute approximate surface area is 369 Å². The number of benzene rings is 5.